The molecule has 0 aliphatic carbocycles. The first-order valence-electron chi connectivity index (χ1n) is 8.30. The van der Waals surface area contributed by atoms with Crippen molar-refractivity contribution in [1.29, 1.82) is 0 Å². The molecule has 0 heterocycles. The summed E-state index contributed by atoms with van der Waals surface area (Å²) in [5, 5.41) is 8.08. The number of hydrogen-bond donors (Lipinski definition) is 3. The molecule has 0 unspecified atom stereocenters. The van der Waals surface area contributed by atoms with Crippen molar-refractivity contribution in [3.8, 4) is 0 Å². The highest BCUT2D eigenvalue weighted by Crippen LogP contribution is 2.23. The molecule has 0 bridgehead atoms. The Balaban J connectivity index is 1.99. The van der Waals surface area contributed by atoms with Crippen LogP contribution in [-0.4, -0.2) is 24.3 Å². The lowest BCUT2D eigenvalue weighted by atomic mass is 10.1. The summed E-state index contributed by atoms with van der Waals surface area (Å²) in [7, 11) is 0. The smallest absolute Gasteiger partial charge is 0.251 e. The van der Waals surface area contributed by atoms with Crippen LogP contribution in [0.5, 0.6) is 0 Å². The summed E-state index contributed by atoms with van der Waals surface area (Å²) in [6.07, 6.45) is 0. The monoisotopic (exact) mass is 353 g/mol. The van der Waals surface area contributed by atoms with Crippen LogP contribution in [-0.2, 0) is 9.59 Å². The number of benzene rings is 2. The van der Waals surface area contributed by atoms with Crippen LogP contribution in [0.25, 0.3) is 0 Å². The van der Waals surface area contributed by atoms with Gasteiger partial charge in [0.25, 0.3) is 5.91 Å². The topological polar surface area (TPSA) is 87.3 Å². The molecule has 26 heavy (non-hydrogen) atoms. The normalized spacial score (nSPS) is 10.2. The summed E-state index contributed by atoms with van der Waals surface area (Å²) < 4.78 is 0. The predicted octanol–water partition coefficient (Wildman–Crippen LogP) is 2.94. The van der Waals surface area contributed by atoms with Crippen LogP contribution in [0.15, 0.2) is 36.4 Å². The van der Waals surface area contributed by atoms with Gasteiger partial charge in [-0.2, -0.15) is 0 Å². The highest BCUT2D eigenvalue weighted by atomic mass is 16.2. The van der Waals surface area contributed by atoms with Crippen LogP contribution in [0, 0.1) is 20.8 Å². The van der Waals surface area contributed by atoms with E-state index in [2.05, 4.69) is 16.0 Å². The molecule has 6 heteroatoms. The Bertz CT molecular complexity index is 839. The fourth-order valence-electron chi connectivity index (χ4n) is 2.66. The molecule has 0 aliphatic rings. The number of anilines is 2. The number of carbonyl (C=O) groups is 3. The molecule has 0 saturated carbocycles. The highest BCUT2D eigenvalue weighted by molar-refractivity contribution is 6.00. The third-order valence-corrected chi connectivity index (χ3v) is 3.81. The lowest BCUT2D eigenvalue weighted by Crippen LogP contribution is -2.33. The molecule has 0 aliphatic heterocycles. The summed E-state index contributed by atoms with van der Waals surface area (Å²) in [6.45, 7) is 6.92. The number of aryl methyl sites for hydroxylation is 2. The van der Waals surface area contributed by atoms with Gasteiger partial charge < -0.3 is 16.0 Å². The maximum Gasteiger partial charge on any atom is 0.251 e. The van der Waals surface area contributed by atoms with E-state index in [4.69, 9.17) is 0 Å². The van der Waals surface area contributed by atoms with Crippen molar-refractivity contribution >= 4 is 29.1 Å². The van der Waals surface area contributed by atoms with E-state index in [0.717, 1.165) is 16.7 Å². The molecule has 0 saturated heterocycles. The van der Waals surface area contributed by atoms with Crippen molar-refractivity contribution in [3.63, 3.8) is 0 Å². The average Bonchev–Trinajstić information content (AvgIpc) is 2.55. The van der Waals surface area contributed by atoms with Crippen LogP contribution in [0.2, 0.25) is 0 Å². The van der Waals surface area contributed by atoms with E-state index in [9.17, 15) is 14.4 Å². The van der Waals surface area contributed by atoms with Gasteiger partial charge in [-0.15, -0.1) is 0 Å². The van der Waals surface area contributed by atoms with Crippen LogP contribution >= 0.6 is 0 Å². The molecule has 2 rings (SSSR count). The predicted molar refractivity (Wildman–Crippen MR) is 102 cm³/mol. The first-order chi connectivity index (χ1) is 12.3. The number of nitrogens with one attached hydrogen (secondary N) is 3. The van der Waals surface area contributed by atoms with E-state index in [1.807, 2.05) is 19.9 Å². The maximum absolute atomic E-state index is 12.2. The van der Waals surface area contributed by atoms with Crippen molar-refractivity contribution in [2.45, 2.75) is 27.7 Å². The van der Waals surface area contributed by atoms with E-state index in [1.165, 1.54) is 6.92 Å². The number of carbonyl (C=O) groups excluding carboxylic acids is 3. The molecule has 2 aromatic rings. The molecule has 6 nitrogen and oxygen atoms in total. The SMILES string of the molecule is CC(=O)Nc1cccc(NC(=O)CNC(=O)c2cc(C)cc(C)c2)c1C. The lowest BCUT2D eigenvalue weighted by molar-refractivity contribution is -0.115. The summed E-state index contributed by atoms with van der Waals surface area (Å²) >= 11 is 0. The molecular formula is C20H23N3O3. The van der Waals surface area contributed by atoms with E-state index >= 15 is 0 Å². The second kappa shape index (κ2) is 8.29. The molecule has 0 atom stereocenters. The van der Waals surface area contributed by atoms with Gasteiger partial charge in [-0.05, 0) is 50.6 Å². The van der Waals surface area contributed by atoms with Crippen molar-refractivity contribution < 1.29 is 14.4 Å². The first-order valence-corrected chi connectivity index (χ1v) is 8.30. The zero-order valence-electron chi connectivity index (χ0n) is 15.4. The Morgan fingerprint density at radius 1 is 0.885 bits per heavy atom. The van der Waals surface area contributed by atoms with E-state index in [-0.39, 0.29) is 24.3 Å². The van der Waals surface area contributed by atoms with Crippen molar-refractivity contribution in [2.75, 3.05) is 17.2 Å². The Kier molecular flexibility index (Phi) is 6.11. The fraction of sp³-hybridized carbons (Fsp3) is 0.250. The second-order valence-electron chi connectivity index (χ2n) is 6.27. The zero-order valence-corrected chi connectivity index (χ0v) is 15.4. The Morgan fingerprint density at radius 3 is 2.04 bits per heavy atom. The molecule has 3 amide bonds. The summed E-state index contributed by atoms with van der Waals surface area (Å²) in [6, 6.07) is 10.8. The van der Waals surface area contributed by atoms with Gasteiger partial charge in [0, 0.05) is 23.9 Å². The summed E-state index contributed by atoms with van der Waals surface area (Å²) in [5.41, 5.74) is 4.47. The zero-order chi connectivity index (χ0) is 19.3. The van der Waals surface area contributed by atoms with Gasteiger partial charge >= 0.3 is 0 Å². The maximum atomic E-state index is 12.2. The van der Waals surface area contributed by atoms with E-state index < -0.39 is 0 Å². The van der Waals surface area contributed by atoms with Crippen LogP contribution in [0.1, 0.15) is 34.0 Å². The Morgan fingerprint density at radius 2 is 1.46 bits per heavy atom. The van der Waals surface area contributed by atoms with Crippen molar-refractivity contribution in [3.05, 3.63) is 58.7 Å². The molecule has 0 radical (unpaired) electrons. The summed E-state index contributed by atoms with van der Waals surface area (Å²) in [5.74, 6) is -0.821. The van der Waals surface area contributed by atoms with Crippen LogP contribution < -0.4 is 16.0 Å². The van der Waals surface area contributed by atoms with Gasteiger partial charge in [0.15, 0.2) is 0 Å². The van der Waals surface area contributed by atoms with Gasteiger partial charge in [-0.25, -0.2) is 0 Å². The average molecular weight is 353 g/mol. The number of amides is 3. The van der Waals surface area contributed by atoms with Gasteiger partial charge in [-0.1, -0.05) is 23.3 Å². The van der Waals surface area contributed by atoms with Gasteiger partial charge in [0.2, 0.25) is 11.8 Å². The van der Waals surface area contributed by atoms with Gasteiger partial charge in [0.1, 0.15) is 0 Å². The molecule has 2 aromatic carbocycles. The van der Waals surface area contributed by atoms with Crippen LogP contribution in [0.3, 0.4) is 0 Å². The number of rotatable bonds is 5. The molecule has 136 valence electrons. The van der Waals surface area contributed by atoms with Gasteiger partial charge in [0.05, 0.1) is 6.54 Å². The third kappa shape index (κ3) is 5.17. The van der Waals surface area contributed by atoms with E-state index in [0.29, 0.717) is 16.9 Å². The molecule has 0 fully saturated rings. The van der Waals surface area contributed by atoms with Crippen molar-refractivity contribution in [2.24, 2.45) is 0 Å². The minimum absolute atomic E-state index is 0.143. The minimum atomic E-state index is -0.342. The Hall–Kier alpha value is -3.15. The molecule has 0 spiro atoms. The summed E-state index contributed by atoms with van der Waals surface area (Å²) in [4.78, 5) is 35.6. The van der Waals surface area contributed by atoms with Crippen LogP contribution in [0.4, 0.5) is 11.4 Å². The molecule has 3 N–H and O–H groups in total. The molecule has 0 aromatic heterocycles. The first kappa shape index (κ1) is 19.2. The highest BCUT2D eigenvalue weighted by Gasteiger charge is 2.11. The standard InChI is InChI=1S/C20H23N3O3/c1-12-8-13(2)10-16(9-12)20(26)21-11-19(25)23-18-7-5-6-17(14(18)3)22-15(4)24/h5-10H,11H2,1-4H3,(H,21,26)(H,22,24)(H,23,25). The lowest BCUT2D eigenvalue weighted by Gasteiger charge is -2.13. The Labute approximate surface area is 153 Å². The molecular weight excluding hydrogens is 330 g/mol. The quantitative estimate of drug-likeness (QED) is 0.772. The fourth-order valence-corrected chi connectivity index (χ4v) is 2.66. The second-order valence-corrected chi connectivity index (χ2v) is 6.27. The number of hydrogen-bond acceptors (Lipinski definition) is 3. The largest absolute Gasteiger partial charge is 0.343 e. The third-order valence-electron chi connectivity index (χ3n) is 3.81. The van der Waals surface area contributed by atoms with Crippen molar-refractivity contribution in [1.82, 2.24) is 5.32 Å². The minimum Gasteiger partial charge on any atom is -0.343 e. The van der Waals surface area contributed by atoms with Gasteiger partial charge in [-0.3, -0.25) is 14.4 Å². The van der Waals surface area contributed by atoms with E-state index in [1.54, 1.807) is 37.3 Å².